The number of benzene rings is 1. The molecule has 0 nitrogen and oxygen atoms in total. The first kappa shape index (κ1) is 12.2. The van der Waals surface area contributed by atoms with Crippen LogP contribution in [0.15, 0.2) is 67.0 Å². The maximum absolute atomic E-state index is 3.90. The maximum Gasteiger partial charge on any atom is -0.00912 e. The molecule has 1 aliphatic rings. The van der Waals surface area contributed by atoms with Gasteiger partial charge >= 0.3 is 0 Å². The van der Waals surface area contributed by atoms with E-state index in [4.69, 9.17) is 0 Å². The molecule has 0 N–H and O–H groups in total. The summed E-state index contributed by atoms with van der Waals surface area (Å²) in [6, 6.07) is 6.20. The molecule has 18 heavy (non-hydrogen) atoms. The van der Waals surface area contributed by atoms with E-state index in [1.54, 1.807) is 0 Å². The third-order valence-electron chi connectivity index (χ3n) is 2.96. The summed E-state index contributed by atoms with van der Waals surface area (Å²) in [5, 5.41) is 0. The lowest BCUT2D eigenvalue weighted by Gasteiger charge is -2.10. The molecule has 0 saturated heterocycles. The summed E-state index contributed by atoms with van der Waals surface area (Å²) in [5.74, 6) is 0. The Bertz CT molecular complexity index is 615. The topological polar surface area (TPSA) is 0 Å². The lowest BCUT2D eigenvalue weighted by molar-refractivity contribution is 1.53. The smallest absolute Gasteiger partial charge is 0.00912 e. The van der Waals surface area contributed by atoms with Crippen molar-refractivity contribution in [1.29, 1.82) is 0 Å². The molecular formula is C18H16. The zero-order valence-electron chi connectivity index (χ0n) is 10.6. The lowest BCUT2D eigenvalue weighted by Crippen LogP contribution is -1.90. The fourth-order valence-electron chi connectivity index (χ4n) is 2.00. The van der Waals surface area contributed by atoms with Crippen LogP contribution in [0.4, 0.5) is 0 Å². The van der Waals surface area contributed by atoms with E-state index in [9.17, 15) is 0 Å². The first-order valence-corrected chi connectivity index (χ1v) is 5.96. The molecule has 0 amide bonds. The molecule has 0 aliphatic heterocycles. The Balaban J connectivity index is 2.57. The molecule has 0 heterocycles. The second kappa shape index (κ2) is 5.35. The number of allylic oxidation sites excluding steroid dienone is 5. The second-order valence-electron chi connectivity index (χ2n) is 4.17. The summed E-state index contributed by atoms with van der Waals surface area (Å²) < 4.78 is 0. The van der Waals surface area contributed by atoms with Crippen LogP contribution in [0, 0.1) is 0 Å². The van der Waals surface area contributed by atoms with Gasteiger partial charge in [-0.3, -0.25) is 0 Å². The molecule has 0 bridgehead atoms. The Labute approximate surface area is 109 Å². The van der Waals surface area contributed by atoms with Gasteiger partial charge in [0.05, 0.1) is 0 Å². The minimum atomic E-state index is 1.11. The van der Waals surface area contributed by atoms with Gasteiger partial charge in [0.25, 0.3) is 0 Å². The quantitative estimate of drug-likeness (QED) is 0.641. The van der Waals surface area contributed by atoms with E-state index in [1.807, 2.05) is 37.3 Å². The summed E-state index contributed by atoms with van der Waals surface area (Å²) in [6.45, 7) is 9.79. The second-order valence-corrected chi connectivity index (χ2v) is 4.17. The van der Waals surface area contributed by atoms with E-state index in [2.05, 4.69) is 43.2 Å². The molecule has 0 atom stereocenters. The Hall–Kier alpha value is -2.30. The van der Waals surface area contributed by atoms with Crippen LogP contribution in [0.2, 0.25) is 0 Å². The van der Waals surface area contributed by atoms with Crippen molar-refractivity contribution in [3.8, 4) is 0 Å². The zero-order valence-corrected chi connectivity index (χ0v) is 10.6. The van der Waals surface area contributed by atoms with E-state index in [0.29, 0.717) is 0 Å². The number of hydrogen-bond acceptors (Lipinski definition) is 0. The molecule has 0 spiro atoms. The lowest BCUT2D eigenvalue weighted by atomic mass is 9.94. The molecule has 1 aromatic carbocycles. The van der Waals surface area contributed by atoms with Crippen LogP contribution >= 0.6 is 0 Å². The van der Waals surface area contributed by atoms with Crippen molar-refractivity contribution in [3.63, 3.8) is 0 Å². The highest BCUT2D eigenvalue weighted by atomic mass is 14.1. The molecule has 0 radical (unpaired) electrons. The van der Waals surface area contributed by atoms with Crippen molar-refractivity contribution in [2.75, 3.05) is 0 Å². The molecule has 0 saturated carbocycles. The highest BCUT2D eigenvalue weighted by molar-refractivity contribution is 5.84. The van der Waals surface area contributed by atoms with Crippen molar-refractivity contribution in [3.05, 3.63) is 83.7 Å². The third kappa shape index (κ3) is 2.34. The van der Waals surface area contributed by atoms with E-state index >= 15 is 0 Å². The van der Waals surface area contributed by atoms with Gasteiger partial charge in [-0.25, -0.2) is 0 Å². The Morgan fingerprint density at radius 1 is 1.11 bits per heavy atom. The van der Waals surface area contributed by atoms with Crippen molar-refractivity contribution in [2.45, 2.75) is 6.92 Å². The molecule has 0 aromatic heterocycles. The van der Waals surface area contributed by atoms with Crippen LogP contribution in [0.1, 0.15) is 23.6 Å². The molecule has 0 fully saturated rings. The van der Waals surface area contributed by atoms with Gasteiger partial charge in [0.2, 0.25) is 0 Å². The fourth-order valence-corrected chi connectivity index (χ4v) is 2.00. The fraction of sp³-hybridized carbons (Fsp3) is 0.0556. The zero-order chi connectivity index (χ0) is 13.0. The Kier molecular flexibility index (Phi) is 3.62. The van der Waals surface area contributed by atoms with Gasteiger partial charge in [-0.2, -0.15) is 0 Å². The van der Waals surface area contributed by atoms with E-state index in [1.165, 1.54) is 5.56 Å². The van der Waals surface area contributed by atoms with Gasteiger partial charge < -0.3 is 0 Å². The van der Waals surface area contributed by atoms with Gasteiger partial charge in [0.15, 0.2) is 0 Å². The predicted octanol–water partition coefficient (Wildman–Crippen LogP) is 5.03. The molecular weight excluding hydrogens is 216 g/mol. The summed E-state index contributed by atoms with van der Waals surface area (Å²) in [5.41, 5.74) is 8.88. The van der Waals surface area contributed by atoms with Crippen molar-refractivity contribution < 1.29 is 0 Å². The molecule has 88 valence electrons. The highest BCUT2D eigenvalue weighted by Gasteiger charge is 2.06. The van der Waals surface area contributed by atoms with Gasteiger partial charge in [0, 0.05) is 0 Å². The van der Waals surface area contributed by atoms with E-state index in [-0.39, 0.29) is 0 Å². The molecule has 2 rings (SSSR count). The van der Waals surface area contributed by atoms with Gasteiger partial charge in [-0.15, -0.1) is 5.73 Å². The van der Waals surface area contributed by atoms with Crippen molar-refractivity contribution >= 4 is 17.7 Å². The Morgan fingerprint density at radius 3 is 2.67 bits per heavy atom. The van der Waals surface area contributed by atoms with Crippen LogP contribution in [0.5, 0.6) is 0 Å². The molecule has 1 aromatic rings. The normalized spacial score (nSPS) is 13.6. The average molecular weight is 232 g/mol. The number of rotatable bonds is 3. The monoisotopic (exact) mass is 232 g/mol. The highest BCUT2D eigenvalue weighted by Crippen LogP contribution is 2.26. The predicted molar refractivity (Wildman–Crippen MR) is 81.0 cm³/mol. The van der Waals surface area contributed by atoms with Crippen LogP contribution in [0.3, 0.4) is 0 Å². The first-order chi connectivity index (χ1) is 8.76. The molecule has 0 unspecified atom stereocenters. The van der Waals surface area contributed by atoms with Gasteiger partial charge in [-0.1, -0.05) is 55.7 Å². The summed E-state index contributed by atoms with van der Waals surface area (Å²) in [4.78, 5) is 0. The molecule has 1 aliphatic carbocycles. The first-order valence-electron chi connectivity index (χ1n) is 5.96. The average Bonchev–Trinajstić information content (AvgIpc) is 2.62. The largest absolute Gasteiger partial charge is 0.118 e. The van der Waals surface area contributed by atoms with Crippen LogP contribution in [0.25, 0.3) is 17.7 Å². The SMILES string of the molecule is C=Cc1cccc(C2=CC=C=C(C)C=C2)c1C=C. The summed E-state index contributed by atoms with van der Waals surface area (Å²) in [7, 11) is 0. The standard InChI is InChI=1S/C18H16/c1-4-15-9-7-11-18(17(15)5-2)16-10-6-8-14(3)12-13-16/h4-7,9-13H,1-2H2,3H3. The van der Waals surface area contributed by atoms with Crippen LogP contribution < -0.4 is 0 Å². The van der Waals surface area contributed by atoms with E-state index < -0.39 is 0 Å². The maximum atomic E-state index is 3.90. The van der Waals surface area contributed by atoms with Gasteiger partial charge in [-0.05, 0) is 46.9 Å². The summed E-state index contributed by atoms with van der Waals surface area (Å²) in [6.07, 6.45) is 12.0. The van der Waals surface area contributed by atoms with E-state index in [0.717, 1.165) is 22.3 Å². The van der Waals surface area contributed by atoms with Gasteiger partial charge in [0.1, 0.15) is 0 Å². The third-order valence-corrected chi connectivity index (χ3v) is 2.96. The van der Waals surface area contributed by atoms with Crippen LogP contribution in [-0.4, -0.2) is 0 Å². The van der Waals surface area contributed by atoms with Crippen molar-refractivity contribution in [1.82, 2.24) is 0 Å². The Morgan fingerprint density at radius 2 is 1.94 bits per heavy atom. The minimum Gasteiger partial charge on any atom is -0.118 e. The van der Waals surface area contributed by atoms with Crippen LogP contribution in [-0.2, 0) is 0 Å². The summed E-state index contributed by atoms with van der Waals surface area (Å²) >= 11 is 0. The van der Waals surface area contributed by atoms with Crippen molar-refractivity contribution in [2.24, 2.45) is 0 Å². The molecule has 0 heteroatoms. The number of hydrogen-bond donors (Lipinski definition) is 0. The minimum absolute atomic E-state index is 1.11.